The Morgan fingerprint density at radius 3 is 0.608 bits per heavy atom. The largest absolute Gasteiger partial charge is 0.331 e. The van der Waals surface area contributed by atoms with Crippen LogP contribution in [-0.4, -0.2) is 47.6 Å². The van der Waals surface area contributed by atoms with E-state index < -0.39 is 5.97 Å². The van der Waals surface area contributed by atoms with E-state index in [9.17, 15) is 24.0 Å². The molecule has 0 saturated heterocycles. The van der Waals surface area contributed by atoms with Gasteiger partial charge in [-0.05, 0) is 319 Å². The first kappa shape index (κ1) is 87.2. The Morgan fingerprint density at radius 2 is 0.392 bits per heavy atom. The Bertz CT molecular complexity index is 8320. The van der Waals surface area contributed by atoms with E-state index in [2.05, 4.69) is 381 Å². The van der Waals surface area contributed by atoms with Crippen LogP contribution in [0.3, 0.4) is 0 Å². The number of ketones is 4. The van der Waals surface area contributed by atoms with Crippen molar-refractivity contribution in [3.8, 4) is 134 Å². The molecule has 0 amide bonds. The Labute approximate surface area is 830 Å². The molecule has 143 heavy (non-hydrogen) atoms. The van der Waals surface area contributed by atoms with E-state index in [1.54, 1.807) is 0 Å². The second-order valence-corrected chi connectivity index (χ2v) is 38.5. The highest BCUT2D eigenvalue weighted by molar-refractivity contribution is 6.25. The molecule has 0 atom stereocenters. The molecule has 0 N–H and O–H groups in total. The number of hydrogen-bond donors (Lipinski definition) is 0. The number of rotatable bonds is 13. The first-order chi connectivity index (χ1) is 70.4. The Morgan fingerprint density at radius 1 is 0.196 bits per heavy atom. The summed E-state index contributed by atoms with van der Waals surface area (Å²) < 4.78 is 0. The molecular weight excluding hydrogens is 1750 g/mol. The summed E-state index contributed by atoms with van der Waals surface area (Å²) in [5.41, 5.74) is 40.6. The van der Waals surface area contributed by atoms with Crippen LogP contribution in [-0.2, 0) is 48.2 Å². The Kier molecular flexibility index (Phi) is 22.2. The minimum Gasteiger partial charge on any atom is -0.318 e. The molecule has 8 heteroatoms. The minimum absolute atomic E-state index is 0.195. The van der Waals surface area contributed by atoms with Crippen LogP contribution in [0.2, 0.25) is 0 Å². The van der Waals surface area contributed by atoms with Crippen molar-refractivity contribution in [2.24, 2.45) is 10.1 Å². The normalized spacial score (nSPS) is 14.3. The molecular formula is C135H96N2O6. The molecule has 6 aliphatic rings. The lowest BCUT2D eigenvalue weighted by Crippen LogP contribution is -2.14. The quantitative estimate of drug-likeness (QED) is 0.0838. The molecule has 0 heterocycles. The molecule has 0 saturated carbocycles. The molecule has 21 aromatic carbocycles. The van der Waals surface area contributed by atoms with Crippen molar-refractivity contribution in [1.29, 1.82) is 0 Å². The van der Waals surface area contributed by atoms with E-state index in [4.69, 9.17) is 9.83 Å². The van der Waals surface area contributed by atoms with Gasteiger partial charge in [-0.3, -0.25) is 24.2 Å². The SMILES string of the molecule is CN=C1CCc2cccc3ccc(-c4cc(-c5ccccc5)c(-c5ccc6cccc7c6c5/C(=N/OC(C)=O)CC7)cc4-c4ccccc4)c1c23.O=C1CCc2cccc3ccc(-c4cc(-c5ccccc5)c(-c5ccc6cccc7c6c5C(=O)CC7)cc4-c4ccccc4)c1c23.O=C1CCc2cccc3ccc(-c4cc(-c5ccccc5)c(-c5ccc6cccc7c6c5C(=O)CC7)cc4-c4ccccc4)c1c23. The minimum atomic E-state index is -0.423. The molecule has 0 fully saturated rings. The summed E-state index contributed by atoms with van der Waals surface area (Å²) in [5, 5.41) is 18.1. The number of aryl methyl sites for hydroxylation is 6. The lowest BCUT2D eigenvalue weighted by atomic mass is 9.78. The molecule has 0 bridgehead atoms. The Hall–Kier alpha value is -17.3. The van der Waals surface area contributed by atoms with Crippen LogP contribution in [0.4, 0.5) is 0 Å². The smallest absolute Gasteiger partial charge is 0.318 e. The molecule has 0 aromatic heterocycles. The van der Waals surface area contributed by atoms with Gasteiger partial charge < -0.3 is 4.84 Å². The number of aliphatic imine (C=N–C) groups is 1. The third-order valence-corrected chi connectivity index (χ3v) is 30.5. The highest BCUT2D eigenvalue weighted by Crippen LogP contribution is 2.54. The van der Waals surface area contributed by atoms with Gasteiger partial charge in [0.05, 0.1) is 5.71 Å². The van der Waals surface area contributed by atoms with E-state index in [1.807, 2.05) is 31.3 Å². The lowest BCUT2D eigenvalue weighted by Gasteiger charge is -2.26. The van der Waals surface area contributed by atoms with Crippen LogP contribution in [0.1, 0.15) is 131 Å². The summed E-state index contributed by atoms with van der Waals surface area (Å²) in [5.74, 6) is 0.358. The van der Waals surface area contributed by atoms with Gasteiger partial charge in [0.25, 0.3) is 0 Å². The average Bonchev–Trinajstić information content (AvgIpc) is 0.731. The van der Waals surface area contributed by atoms with Gasteiger partial charge in [-0.25, -0.2) is 4.79 Å². The van der Waals surface area contributed by atoms with Crippen LogP contribution in [0.5, 0.6) is 0 Å². The van der Waals surface area contributed by atoms with Gasteiger partial charge in [-0.1, -0.05) is 369 Å². The van der Waals surface area contributed by atoms with Gasteiger partial charge in [0.1, 0.15) is 0 Å². The number of carbonyl (C=O) groups is 5. The molecule has 0 aliphatic heterocycles. The summed E-state index contributed by atoms with van der Waals surface area (Å²) >= 11 is 0. The van der Waals surface area contributed by atoms with Crippen LogP contribution in [0.25, 0.3) is 198 Å². The van der Waals surface area contributed by atoms with E-state index in [-0.39, 0.29) is 23.1 Å². The lowest BCUT2D eigenvalue weighted by molar-refractivity contribution is -0.140. The second-order valence-electron chi connectivity index (χ2n) is 38.5. The number of Topliss-reactive ketones (excluding diaryl/α,β-unsaturated/α-hetero) is 4. The molecule has 6 aliphatic carbocycles. The molecule has 0 unspecified atom stereocenters. The van der Waals surface area contributed by atoms with Crippen molar-refractivity contribution < 1.29 is 28.8 Å². The molecule has 682 valence electrons. The summed E-state index contributed by atoms with van der Waals surface area (Å²) in [6.45, 7) is 1.40. The maximum absolute atomic E-state index is 13.8. The number of nitrogens with zero attached hydrogens (tertiary/aromatic N) is 2. The third kappa shape index (κ3) is 15.3. The van der Waals surface area contributed by atoms with E-state index >= 15 is 0 Å². The average molecular weight is 1840 g/mol. The predicted octanol–water partition coefficient (Wildman–Crippen LogP) is 33.1. The summed E-state index contributed by atoms with van der Waals surface area (Å²) in [6, 6.07) is 142. The van der Waals surface area contributed by atoms with Crippen LogP contribution in [0, 0.1) is 0 Å². The van der Waals surface area contributed by atoms with Gasteiger partial charge in [0, 0.05) is 78.7 Å². The van der Waals surface area contributed by atoms with Crippen molar-refractivity contribution in [3.63, 3.8) is 0 Å². The summed E-state index contributed by atoms with van der Waals surface area (Å²) in [7, 11) is 1.93. The zero-order chi connectivity index (χ0) is 96.0. The Balaban J connectivity index is 0.000000113. The van der Waals surface area contributed by atoms with Crippen molar-refractivity contribution in [1.82, 2.24) is 0 Å². The van der Waals surface area contributed by atoms with Gasteiger partial charge >= 0.3 is 5.97 Å². The zero-order valence-corrected chi connectivity index (χ0v) is 79.4. The van der Waals surface area contributed by atoms with E-state index in [1.165, 1.54) is 73.2 Å². The fourth-order valence-electron chi connectivity index (χ4n) is 24.0. The van der Waals surface area contributed by atoms with Gasteiger partial charge in [0.15, 0.2) is 23.1 Å². The van der Waals surface area contributed by atoms with E-state index in [0.29, 0.717) is 32.1 Å². The maximum atomic E-state index is 13.8. The standard InChI is InChI=1S/C47H36N2O2.2C44H30O2/c1-29(50)51-49-43-26-22-35-18-10-16-33-20-24-37(47(43)45(33)35)41-28-38(30-11-5-3-6-12-30)40(27-39(41)31-13-7-4-8-14-31)36-23-19-32-15-9-17-34-21-25-42(48-2)46(36)44(32)34;2*45-39-23-19-31-15-7-13-29-17-21-33(43(39)41(29)31)37-26-36(28-11-5-2-6-12-28)38(25-35(37)27-9-3-1-4-10-27)34-22-18-30-14-8-16-32-20-24-40(46)44(34)42(30)32/h3-20,23-24,27-28H,21-22,25-26H2,1-2H3;2*1-18,21-22,25-26H,19-20,23-24H2/b48-42?,49-43+;;. The van der Waals surface area contributed by atoms with Crippen LogP contribution in [0.15, 0.2) is 411 Å². The van der Waals surface area contributed by atoms with Crippen LogP contribution >= 0.6 is 0 Å². The number of oxime groups is 1. The fourth-order valence-corrected chi connectivity index (χ4v) is 24.0. The van der Waals surface area contributed by atoms with Gasteiger partial charge in [0.2, 0.25) is 0 Å². The maximum Gasteiger partial charge on any atom is 0.331 e. The van der Waals surface area contributed by atoms with Crippen molar-refractivity contribution in [2.45, 2.75) is 84.0 Å². The second kappa shape index (κ2) is 36.5. The van der Waals surface area contributed by atoms with Gasteiger partial charge in [-0.2, -0.15) is 0 Å². The topological polar surface area (TPSA) is 119 Å². The van der Waals surface area contributed by atoms with Crippen LogP contribution < -0.4 is 0 Å². The fraction of sp³-hybridized carbons (Fsp3) is 0.104. The predicted molar refractivity (Wildman–Crippen MR) is 588 cm³/mol. The molecule has 8 nitrogen and oxygen atoms in total. The van der Waals surface area contributed by atoms with Crippen molar-refractivity contribution in [2.75, 3.05) is 7.05 Å². The number of hydrogen-bond acceptors (Lipinski definition) is 8. The third-order valence-electron chi connectivity index (χ3n) is 30.5. The monoisotopic (exact) mass is 1840 g/mol. The summed E-state index contributed by atoms with van der Waals surface area (Å²) in [4.78, 5) is 77.4. The molecule has 21 aromatic rings. The zero-order valence-electron chi connectivity index (χ0n) is 79.4. The van der Waals surface area contributed by atoms with Gasteiger partial charge in [-0.15, -0.1) is 0 Å². The molecule has 27 rings (SSSR count). The number of carbonyl (C=O) groups excluding carboxylic acids is 5. The first-order valence-electron chi connectivity index (χ1n) is 49.9. The van der Waals surface area contributed by atoms with Crippen molar-refractivity contribution in [3.05, 3.63) is 467 Å². The first-order valence-corrected chi connectivity index (χ1v) is 49.9. The highest BCUT2D eigenvalue weighted by atomic mass is 16.7. The summed E-state index contributed by atoms with van der Waals surface area (Å²) in [6.07, 6.45) is 8.55. The molecule has 0 spiro atoms. The van der Waals surface area contributed by atoms with E-state index in [0.717, 1.165) is 255 Å². The molecule has 0 radical (unpaired) electrons. The number of benzene rings is 21. The van der Waals surface area contributed by atoms with Crippen molar-refractivity contribution >= 4 is 105 Å². The highest BCUT2D eigenvalue weighted by Gasteiger charge is 2.35.